The monoisotopic (exact) mass is 395 g/mol. The fraction of sp³-hybridized carbons (Fsp3) is 0.667. The van der Waals surface area contributed by atoms with Crippen LogP contribution in [0.1, 0.15) is 63.2 Å². The van der Waals surface area contributed by atoms with Crippen molar-refractivity contribution in [2.24, 2.45) is 11.8 Å². The number of methoxy groups -OCH3 is 1. The number of carbonyl (C=O) groups is 1. The van der Waals surface area contributed by atoms with Crippen molar-refractivity contribution in [2.75, 3.05) is 19.4 Å². The number of amides is 1. The average Bonchev–Trinajstić information content (AvgIpc) is 2.62. The molecule has 1 aliphatic carbocycles. The van der Waals surface area contributed by atoms with Crippen molar-refractivity contribution < 1.29 is 17.9 Å². The molecule has 27 heavy (non-hydrogen) atoms. The van der Waals surface area contributed by atoms with Gasteiger partial charge in [-0.1, -0.05) is 12.8 Å². The lowest BCUT2D eigenvalue weighted by atomic mass is 9.81. The van der Waals surface area contributed by atoms with Crippen LogP contribution >= 0.6 is 0 Å². The van der Waals surface area contributed by atoms with Gasteiger partial charge < -0.3 is 10.1 Å². The standard InChI is InChI=1S/C21H33NO4S/c1-21(2,3)27(24,25)15-17-7-5-16(6-8-17)13-14-22-20(23)18-9-11-19(26-4)12-10-18/h9-12,16-17H,5-8,13-15H2,1-4H3,(H,22,23). The summed E-state index contributed by atoms with van der Waals surface area (Å²) in [5.41, 5.74) is 0.631. The molecule has 0 radical (unpaired) electrons. The summed E-state index contributed by atoms with van der Waals surface area (Å²) in [6.07, 6.45) is 4.96. The van der Waals surface area contributed by atoms with Crippen LogP contribution in [0, 0.1) is 11.8 Å². The second kappa shape index (κ2) is 9.09. The SMILES string of the molecule is COc1ccc(C(=O)NCCC2CCC(CS(=O)(=O)C(C)(C)C)CC2)cc1. The molecule has 1 fully saturated rings. The van der Waals surface area contributed by atoms with Gasteiger partial charge in [-0.25, -0.2) is 8.42 Å². The van der Waals surface area contributed by atoms with E-state index in [0.717, 1.165) is 37.9 Å². The summed E-state index contributed by atoms with van der Waals surface area (Å²) in [7, 11) is -1.45. The number of carbonyl (C=O) groups excluding carboxylic acids is 1. The molecule has 5 nitrogen and oxygen atoms in total. The normalized spacial score (nSPS) is 20.9. The summed E-state index contributed by atoms with van der Waals surface area (Å²) < 4.78 is 29.2. The van der Waals surface area contributed by atoms with E-state index in [4.69, 9.17) is 4.74 Å². The molecule has 1 saturated carbocycles. The van der Waals surface area contributed by atoms with E-state index in [1.165, 1.54) is 0 Å². The van der Waals surface area contributed by atoms with Gasteiger partial charge in [0.25, 0.3) is 5.91 Å². The van der Waals surface area contributed by atoms with Crippen molar-refractivity contribution in [1.29, 1.82) is 0 Å². The number of hydrogen-bond acceptors (Lipinski definition) is 4. The van der Waals surface area contributed by atoms with Crippen LogP contribution in [-0.4, -0.2) is 38.5 Å². The molecule has 0 saturated heterocycles. The van der Waals surface area contributed by atoms with Crippen LogP contribution in [-0.2, 0) is 9.84 Å². The molecule has 2 rings (SSSR count). The molecule has 0 heterocycles. The number of nitrogens with one attached hydrogen (secondary N) is 1. The number of sulfone groups is 1. The fourth-order valence-electron chi connectivity index (χ4n) is 3.48. The van der Waals surface area contributed by atoms with Gasteiger partial charge in [0, 0.05) is 12.1 Å². The summed E-state index contributed by atoms with van der Waals surface area (Å²) in [6.45, 7) is 5.98. The second-order valence-corrected chi connectivity index (χ2v) is 11.3. The molecule has 0 aromatic heterocycles. The van der Waals surface area contributed by atoms with Crippen LogP contribution in [0.25, 0.3) is 0 Å². The summed E-state index contributed by atoms with van der Waals surface area (Å²) in [6, 6.07) is 7.08. The zero-order valence-corrected chi connectivity index (χ0v) is 17.8. The summed E-state index contributed by atoms with van der Waals surface area (Å²) in [5.74, 6) is 1.81. The Bertz CT molecular complexity index is 712. The van der Waals surface area contributed by atoms with Crippen LogP contribution in [0.15, 0.2) is 24.3 Å². The lowest BCUT2D eigenvalue weighted by molar-refractivity contribution is 0.0949. The Kier molecular flexibility index (Phi) is 7.32. The quantitative estimate of drug-likeness (QED) is 0.761. The molecule has 0 atom stereocenters. The van der Waals surface area contributed by atoms with Crippen molar-refractivity contribution >= 4 is 15.7 Å². The van der Waals surface area contributed by atoms with Gasteiger partial charge in [-0.2, -0.15) is 0 Å². The highest BCUT2D eigenvalue weighted by Gasteiger charge is 2.33. The van der Waals surface area contributed by atoms with Crippen LogP contribution in [0.4, 0.5) is 0 Å². The Morgan fingerprint density at radius 3 is 2.15 bits per heavy atom. The van der Waals surface area contributed by atoms with E-state index in [1.54, 1.807) is 52.1 Å². The average molecular weight is 396 g/mol. The van der Waals surface area contributed by atoms with E-state index < -0.39 is 14.6 Å². The molecular formula is C21H33NO4S. The number of ether oxygens (including phenoxy) is 1. The van der Waals surface area contributed by atoms with Gasteiger partial charge in [0.2, 0.25) is 0 Å². The van der Waals surface area contributed by atoms with E-state index in [-0.39, 0.29) is 11.8 Å². The Hall–Kier alpha value is -1.56. The molecule has 0 aliphatic heterocycles. The predicted molar refractivity (Wildman–Crippen MR) is 109 cm³/mol. The predicted octanol–water partition coefficient (Wildman–Crippen LogP) is 3.83. The number of rotatable bonds is 7. The molecule has 1 N–H and O–H groups in total. The van der Waals surface area contributed by atoms with E-state index in [2.05, 4.69) is 5.32 Å². The van der Waals surface area contributed by atoms with E-state index in [0.29, 0.717) is 23.8 Å². The summed E-state index contributed by atoms with van der Waals surface area (Å²) >= 11 is 0. The fourth-order valence-corrected chi connectivity index (χ4v) is 4.94. The maximum atomic E-state index is 12.4. The molecule has 6 heteroatoms. The van der Waals surface area contributed by atoms with Crippen molar-refractivity contribution in [2.45, 2.75) is 57.6 Å². The highest BCUT2D eigenvalue weighted by atomic mass is 32.2. The number of hydrogen-bond donors (Lipinski definition) is 1. The third-order valence-corrected chi connectivity index (χ3v) is 8.32. The van der Waals surface area contributed by atoms with Gasteiger partial charge in [0.05, 0.1) is 17.6 Å². The second-order valence-electron chi connectivity index (χ2n) is 8.55. The van der Waals surface area contributed by atoms with E-state index in [1.807, 2.05) is 0 Å². The lowest BCUT2D eigenvalue weighted by Gasteiger charge is -2.30. The molecule has 1 aliphatic rings. The first kappa shape index (κ1) is 21.7. The first-order valence-electron chi connectivity index (χ1n) is 9.77. The summed E-state index contributed by atoms with van der Waals surface area (Å²) in [5, 5.41) is 2.98. The highest BCUT2D eigenvalue weighted by molar-refractivity contribution is 7.92. The molecule has 1 aromatic carbocycles. The largest absolute Gasteiger partial charge is 0.497 e. The minimum atomic E-state index is -3.04. The molecule has 0 unspecified atom stereocenters. The lowest BCUT2D eigenvalue weighted by Crippen LogP contribution is -2.34. The van der Waals surface area contributed by atoms with Crippen molar-refractivity contribution in [1.82, 2.24) is 5.32 Å². The van der Waals surface area contributed by atoms with Gasteiger partial charge >= 0.3 is 0 Å². The molecular weight excluding hydrogens is 362 g/mol. The van der Waals surface area contributed by atoms with Gasteiger partial charge in [-0.3, -0.25) is 4.79 Å². The molecule has 152 valence electrons. The highest BCUT2D eigenvalue weighted by Crippen LogP contribution is 2.33. The third kappa shape index (κ3) is 6.23. The molecule has 1 amide bonds. The Morgan fingerprint density at radius 1 is 1.07 bits per heavy atom. The van der Waals surface area contributed by atoms with E-state index in [9.17, 15) is 13.2 Å². The zero-order chi connectivity index (χ0) is 20.1. The first-order chi connectivity index (χ1) is 12.6. The molecule has 0 bridgehead atoms. The molecule has 1 aromatic rings. The van der Waals surface area contributed by atoms with Crippen LogP contribution in [0.2, 0.25) is 0 Å². The minimum absolute atomic E-state index is 0.0670. The maximum Gasteiger partial charge on any atom is 0.251 e. The maximum absolute atomic E-state index is 12.4. The topological polar surface area (TPSA) is 72.5 Å². The Balaban J connectivity index is 1.71. The van der Waals surface area contributed by atoms with Crippen LogP contribution in [0.5, 0.6) is 5.75 Å². The van der Waals surface area contributed by atoms with Crippen molar-refractivity contribution in [3.8, 4) is 5.75 Å². The Morgan fingerprint density at radius 2 is 1.63 bits per heavy atom. The van der Waals surface area contributed by atoms with Crippen molar-refractivity contribution in [3.05, 3.63) is 29.8 Å². The van der Waals surface area contributed by atoms with Gasteiger partial charge in [-0.05, 0) is 76.1 Å². The molecule has 0 spiro atoms. The smallest absolute Gasteiger partial charge is 0.251 e. The van der Waals surface area contributed by atoms with Crippen molar-refractivity contribution in [3.63, 3.8) is 0 Å². The van der Waals surface area contributed by atoms with E-state index >= 15 is 0 Å². The van der Waals surface area contributed by atoms with Crippen LogP contribution < -0.4 is 10.1 Å². The van der Waals surface area contributed by atoms with Gasteiger partial charge in [-0.15, -0.1) is 0 Å². The third-order valence-electron chi connectivity index (χ3n) is 5.54. The zero-order valence-electron chi connectivity index (χ0n) is 17.0. The minimum Gasteiger partial charge on any atom is -0.497 e. The van der Waals surface area contributed by atoms with Gasteiger partial charge in [0.15, 0.2) is 9.84 Å². The van der Waals surface area contributed by atoms with Gasteiger partial charge in [0.1, 0.15) is 5.75 Å². The first-order valence-corrected chi connectivity index (χ1v) is 11.4. The van der Waals surface area contributed by atoms with Crippen LogP contribution in [0.3, 0.4) is 0 Å². The Labute approximate surface area is 163 Å². The number of benzene rings is 1. The summed E-state index contributed by atoms with van der Waals surface area (Å²) in [4.78, 5) is 12.2.